The molecule has 12 heteroatoms. The molecule has 0 saturated carbocycles. The molecule has 11 nitrogen and oxygen atoms in total. The lowest BCUT2D eigenvalue weighted by molar-refractivity contribution is 0.0903. The number of nitrogens with one attached hydrogen (secondary N) is 1. The fourth-order valence-electron chi connectivity index (χ4n) is 5.56. The summed E-state index contributed by atoms with van der Waals surface area (Å²) >= 11 is 0. The first kappa shape index (κ1) is 25.2. The Morgan fingerprint density at radius 2 is 2.00 bits per heavy atom. The van der Waals surface area contributed by atoms with E-state index in [1.807, 2.05) is 31.8 Å². The maximum atomic E-state index is 13.0. The number of hydrogen-bond donors (Lipinski definition) is 1. The molecule has 0 aromatic carbocycles. The van der Waals surface area contributed by atoms with E-state index in [4.69, 9.17) is 19.7 Å². The predicted molar refractivity (Wildman–Crippen MR) is 143 cm³/mol. The van der Waals surface area contributed by atoms with Gasteiger partial charge in [-0.05, 0) is 38.7 Å². The van der Waals surface area contributed by atoms with Crippen LogP contribution in [0.5, 0.6) is 0 Å². The molecular formula is C26H34N8O3S. The van der Waals surface area contributed by atoms with Crippen LogP contribution in [0.25, 0.3) is 0 Å². The largest absolute Gasteiger partial charge is 0.381 e. The van der Waals surface area contributed by atoms with Gasteiger partial charge >= 0.3 is 0 Å². The second-order valence-electron chi connectivity index (χ2n) is 10.3. The van der Waals surface area contributed by atoms with Crippen molar-refractivity contribution in [3.63, 3.8) is 0 Å². The van der Waals surface area contributed by atoms with Crippen LogP contribution >= 0.6 is 0 Å². The van der Waals surface area contributed by atoms with Crippen LogP contribution in [0.1, 0.15) is 58.2 Å². The second-order valence-corrected chi connectivity index (χ2v) is 11.8. The van der Waals surface area contributed by atoms with Crippen LogP contribution in [0.15, 0.2) is 11.1 Å². The first-order chi connectivity index (χ1) is 18.4. The van der Waals surface area contributed by atoms with Gasteiger partial charge in [-0.3, -0.25) is 13.7 Å². The Balaban J connectivity index is 1.18. The lowest BCUT2D eigenvalue weighted by Gasteiger charge is -2.29. The molecule has 0 spiro atoms. The number of carbonyl (C=O) groups is 1. The lowest BCUT2D eigenvalue weighted by Crippen LogP contribution is -2.35. The molecule has 3 aliphatic rings. The number of hydrogen-bond acceptors (Lipinski definition) is 9. The molecular weight excluding hydrogens is 504 g/mol. The third-order valence-corrected chi connectivity index (χ3v) is 9.33. The van der Waals surface area contributed by atoms with Gasteiger partial charge in [0.15, 0.2) is 5.78 Å². The monoisotopic (exact) mass is 538 g/mol. The number of ketones is 1. The third-order valence-electron chi connectivity index (χ3n) is 7.87. The number of imidazole rings is 1. The van der Waals surface area contributed by atoms with Crippen molar-refractivity contribution in [1.29, 1.82) is 0 Å². The summed E-state index contributed by atoms with van der Waals surface area (Å²) in [6.07, 6.45) is 5.43. The quantitative estimate of drug-likeness (QED) is 0.451. The third kappa shape index (κ3) is 4.75. The molecule has 38 heavy (non-hydrogen) atoms. The Hall–Kier alpha value is -3.12. The van der Waals surface area contributed by atoms with Crippen LogP contribution in [0, 0.1) is 13.8 Å². The standard InChI is InChI=1S/C26H34N8O3S/c1-16-19(17(2)32(3)31-16)4-5-22(35)21-14-33-9-10-34(15-23(33)28-21)26-29-20-8-13-38(36)24(20)25(30-26)27-18-6-11-37-12-7-18/h14,18H,4-13,15H2,1-3H3,(H,27,29,30). The van der Waals surface area contributed by atoms with E-state index in [0.717, 1.165) is 59.4 Å². The molecule has 202 valence electrons. The zero-order chi connectivity index (χ0) is 26.4. The summed E-state index contributed by atoms with van der Waals surface area (Å²) in [6, 6.07) is 0.251. The molecule has 0 radical (unpaired) electrons. The van der Waals surface area contributed by atoms with Crippen molar-refractivity contribution in [3.05, 3.63) is 40.4 Å². The minimum atomic E-state index is -1.08. The van der Waals surface area contributed by atoms with Crippen LogP contribution in [0.2, 0.25) is 0 Å². The average molecular weight is 539 g/mol. The highest BCUT2D eigenvalue weighted by Crippen LogP contribution is 2.32. The smallest absolute Gasteiger partial charge is 0.228 e. The van der Waals surface area contributed by atoms with Gasteiger partial charge in [-0.1, -0.05) is 0 Å². The normalized spacial score (nSPS) is 19.4. The number of fused-ring (bicyclic) bond motifs is 2. The summed E-state index contributed by atoms with van der Waals surface area (Å²) in [6.45, 7) is 7.39. The molecule has 0 aliphatic carbocycles. The Morgan fingerprint density at radius 3 is 2.76 bits per heavy atom. The van der Waals surface area contributed by atoms with Crippen molar-refractivity contribution in [1.82, 2.24) is 29.3 Å². The molecule has 1 atom stereocenters. The Morgan fingerprint density at radius 1 is 1.18 bits per heavy atom. The van der Waals surface area contributed by atoms with E-state index >= 15 is 0 Å². The fourth-order valence-corrected chi connectivity index (χ4v) is 6.88. The van der Waals surface area contributed by atoms with E-state index in [9.17, 15) is 9.00 Å². The number of anilines is 2. The Kier molecular flexibility index (Phi) is 6.77. The summed E-state index contributed by atoms with van der Waals surface area (Å²) in [4.78, 5) is 30.3. The van der Waals surface area contributed by atoms with Gasteiger partial charge < -0.3 is 19.5 Å². The highest BCUT2D eigenvalue weighted by atomic mass is 32.2. The highest BCUT2D eigenvalue weighted by Gasteiger charge is 2.30. The second kappa shape index (κ2) is 10.2. The summed E-state index contributed by atoms with van der Waals surface area (Å²) in [5, 5.41) is 8.00. The fraction of sp³-hybridized carbons (Fsp3) is 0.577. The summed E-state index contributed by atoms with van der Waals surface area (Å²) in [7, 11) is 0.848. The number of nitrogens with zero attached hydrogens (tertiary/aromatic N) is 7. The number of aryl methyl sites for hydroxylation is 3. The van der Waals surface area contributed by atoms with Crippen molar-refractivity contribution >= 4 is 28.3 Å². The van der Waals surface area contributed by atoms with Gasteiger partial charge in [0.25, 0.3) is 0 Å². The lowest BCUT2D eigenvalue weighted by atomic mass is 10.0. The number of rotatable bonds is 7. The van der Waals surface area contributed by atoms with Gasteiger partial charge in [-0.25, -0.2) is 9.97 Å². The van der Waals surface area contributed by atoms with Crippen molar-refractivity contribution < 1.29 is 13.7 Å². The zero-order valence-electron chi connectivity index (χ0n) is 22.2. The molecule has 3 aliphatic heterocycles. The van der Waals surface area contributed by atoms with Crippen LogP contribution in [-0.2, 0) is 48.5 Å². The first-order valence-electron chi connectivity index (χ1n) is 13.3. The van der Waals surface area contributed by atoms with E-state index < -0.39 is 10.8 Å². The molecule has 0 amide bonds. The maximum absolute atomic E-state index is 13.0. The maximum Gasteiger partial charge on any atom is 0.228 e. The van der Waals surface area contributed by atoms with Gasteiger partial charge in [-0.15, -0.1) is 0 Å². The molecule has 1 fully saturated rings. The number of Topliss-reactive ketones (excluding diaryl/α,β-unsaturated/α-hetero) is 1. The highest BCUT2D eigenvalue weighted by molar-refractivity contribution is 7.85. The number of carbonyl (C=O) groups excluding carboxylic acids is 1. The number of aromatic nitrogens is 6. The van der Waals surface area contributed by atoms with Crippen molar-refractivity contribution in [2.45, 2.75) is 70.0 Å². The van der Waals surface area contributed by atoms with Crippen LogP contribution in [0.4, 0.5) is 11.8 Å². The minimum Gasteiger partial charge on any atom is -0.381 e. The summed E-state index contributed by atoms with van der Waals surface area (Å²) in [5.74, 6) is 2.78. The average Bonchev–Trinajstić information content (AvgIpc) is 3.58. The Bertz CT molecular complexity index is 1410. The van der Waals surface area contributed by atoms with E-state index in [-0.39, 0.29) is 11.8 Å². The molecule has 1 N–H and O–H groups in total. The predicted octanol–water partition coefficient (Wildman–Crippen LogP) is 2.11. The first-order valence-corrected chi connectivity index (χ1v) is 14.7. The summed E-state index contributed by atoms with van der Waals surface area (Å²) < 4.78 is 22.2. The minimum absolute atomic E-state index is 0.0420. The van der Waals surface area contributed by atoms with E-state index in [1.165, 1.54) is 0 Å². The van der Waals surface area contributed by atoms with Crippen LogP contribution < -0.4 is 10.2 Å². The van der Waals surface area contributed by atoms with Gasteiger partial charge in [0.1, 0.15) is 22.2 Å². The SMILES string of the molecule is Cc1nn(C)c(C)c1CCC(=O)c1cn2c(n1)CN(c1nc3c(c(NC4CCOCC4)n1)S(=O)CC3)CC2. The van der Waals surface area contributed by atoms with E-state index in [1.54, 1.807) is 0 Å². The van der Waals surface area contributed by atoms with E-state index in [2.05, 4.69) is 19.9 Å². The van der Waals surface area contributed by atoms with Crippen LogP contribution in [0.3, 0.4) is 0 Å². The van der Waals surface area contributed by atoms with Gasteiger partial charge in [0.05, 0.1) is 28.7 Å². The summed E-state index contributed by atoms with van der Waals surface area (Å²) in [5.41, 5.74) is 4.58. The van der Waals surface area contributed by atoms with Crippen molar-refractivity contribution in [2.24, 2.45) is 7.05 Å². The topological polar surface area (TPSA) is 120 Å². The van der Waals surface area contributed by atoms with Crippen LogP contribution in [-0.4, -0.2) is 70.8 Å². The van der Waals surface area contributed by atoms with Gasteiger partial charge in [0, 0.05) is 69.9 Å². The Labute approximate surface area is 224 Å². The van der Waals surface area contributed by atoms with Gasteiger partial charge in [0.2, 0.25) is 5.95 Å². The van der Waals surface area contributed by atoms with Crippen molar-refractivity contribution in [3.8, 4) is 0 Å². The van der Waals surface area contributed by atoms with Crippen molar-refractivity contribution in [2.75, 3.05) is 35.7 Å². The molecule has 3 aromatic heterocycles. The number of ether oxygens (including phenoxy) is 1. The molecule has 6 heterocycles. The van der Waals surface area contributed by atoms with Gasteiger partial charge in [-0.2, -0.15) is 10.1 Å². The molecule has 6 rings (SSSR count). The molecule has 3 aromatic rings. The molecule has 1 saturated heterocycles. The molecule has 1 unspecified atom stereocenters. The van der Waals surface area contributed by atoms with E-state index in [0.29, 0.717) is 62.1 Å². The molecule has 0 bridgehead atoms. The zero-order valence-corrected chi connectivity index (χ0v) is 23.0.